The van der Waals surface area contributed by atoms with Crippen LogP contribution in [0.3, 0.4) is 0 Å². The Morgan fingerprint density at radius 3 is 2.96 bits per heavy atom. The van der Waals surface area contributed by atoms with Gasteiger partial charge in [-0.05, 0) is 19.1 Å². The second-order valence-electron chi connectivity index (χ2n) is 5.50. The summed E-state index contributed by atoms with van der Waals surface area (Å²) in [7, 11) is -3.06. The largest absolute Gasteiger partial charge is 0.492 e. The Bertz CT molecular complexity index is 647. The molecule has 1 amide bonds. The molecule has 2 atom stereocenters. The zero-order valence-electron chi connectivity index (χ0n) is 13.2. The van der Waals surface area contributed by atoms with E-state index in [-0.39, 0.29) is 24.4 Å². The van der Waals surface area contributed by atoms with Crippen LogP contribution in [0.5, 0.6) is 5.75 Å². The molecule has 1 aromatic carbocycles. The van der Waals surface area contributed by atoms with Crippen molar-refractivity contribution in [2.24, 2.45) is 0 Å². The van der Waals surface area contributed by atoms with E-state index in [0.29, 0.717) is 24.6 Å². The quantitative estimate of drug-likeness (QED) is 0.778. The van der Waals surface area contributed by atoms with Crippen LogP contribution in [-0.4, -0.2) is 58.2 Å². The van der Waals surface area contributed by atoms with E-state index in [1.165, 1.54) is 0 Å². The fourth-order valence-electron chi connectivity index (χ4n) is 2.22. The maximum Gasteiger partial charge on any atom is 0.244 e. The Morgan fingerprint density at radius 1 is 1.48 bits per heavy atom. The van der Waals surface area contributed by atoms with Gasteiger partial charge >= 0.3 is 0 Å². The minimum absolute atomic E-state index is 0.0512. The zero-order chi connectivity index (χ0) is 16.9. The highest BCUT2D eigenvalue weighted by Gasteiger charge is 2.28. The molecule has 0 aliphatic carbocycles. The van der Waals surface area contributed by atoms with Crippen LogP contribution in [0.4, 0.5) is 5.69 Å². The number of carbonyl (C=O) groups is 1. The number of amides is 1. The van der Waals surface area contributed by atoms with Gasteiger partial charge in [-0.1, -0.05) is 6.07 Å². The van der Waals surface area contributed by atoms with Crippen molar-refractivity contribution in [2.45, 2.75) is 19.1 Å². The number of morpholine rings is 1. The summed E-state index contributed by atoms with van der Waals surface area (Å²) in [4.78, 5) is 12.3. The number of anilines is 1. The highest BCUT2D eigenvalue weighted by atomic mass is 32.2. The molecule has 1 heterocycles. The first-order chi connectivity index (χ1) is 10.8. The zero-order valence-corrected chi connectivity index (χ0v) is 14.1. The van der Waals surface area contributed by atoms with Crippen LogP contribution < -0.4 is 15.4 Å². The van der Waals surface area contributed by atoms with Gasteiger partial charge in [-0.15, -0.1) is 0 Å². The molecule has 0 aromatic heterocycles. The molecule has 8 heteroatoms. The Kier molecular flexibility index (Phi) is 5.97. The molecule has 0 radical (unpaired) electrons. The molecule has 0 saturated carbocycles. The van der Waals surface area contributed by atoms with Crippen molar-refractivity contribution in [3.05, 3.63) is 24.3 Å². The molecule has 1 aliphatic heterocycles. The van der Waals surface area contributed by atoms with Crippen molar-refractivity contribution in [1.29, 1.82) is 0 Å². The molecule has 1 fully saturated rings. The van der Waals surface area contributed by atoms with Crippen molar-refractivity contribution >= 4 is 21.4 Å². The van der Waals surface area contributed by atoms with E-state index < -0.39 is 15.9 Å². The van der Waals surface area contributed by atoms with Gasteiger partial charge in [0.15, 0.2) is 9.84 Å². The maximum atomic E-state index is 12.3. The molecule has 2 N–H and O–H groups in total. The van der Waals surface area contributed by atoms with Crippen LogP contribution in [0.2, 0.25) is 0 Å². The number of benzene rings is 1. The minimum Gasteiger partial charge on any atom is -0.492 e. The molecular formula is C15H22N2O5S. The Morgan fingerprint density at radius 2 is 2.26 bits per heavy atom. The van der Waals surface area contributed by atoms with Crippen LogP contribution >= 0.6 is 0 Å². The van der Waals surface area contributed by atoms with E-state index in [2.05, 4.69) is 10.6 Å². The Hall–Kier alpha value is -1.64. The second kappa shape index (κ2) is 7.76. The normalized spacial score (nSPS) is 21.7. The summed E-state index contributed by atoms with van der Waals surface area (Å²) < 4.78 is 33.0. The molecule has 1 aliphatic rings. The predicted octanol–water partition coefficient (Wildman–Crippen LogP) is 0.425. The summed E-state index contributed by atoms with van der Waals surface area (Å²) in [6.07, 6.45) is 0.964. The standard InChI is InChI=1S/C15H22N2O5S/c1-11-14(16-6-7-21-11)15(18)17-12-4-3-5-13(10-12)22-8-9-23(2,19)20/h3-5,10-11,14,16H,6-9H2,1-2H3,(H,17,18)/t11-,14+/m1/s1. The molecule has 1 aromatic rings. The predicted molar refractivity (Wildman–Crippen MR) is 87.5 cm³/mol. The summed E-state index contributed by atoms with van der Waals surface area (Å²) in [5, 5.41) is 5.93. The lowest BCUT2D eigenvalue weighted by molar-refractivity contribution is -0.123. The average Bonchev–Trinajstić information content (AvgIpc) is 2.46. The van der Waals surface area contributed by atoms with Gasteiger partial charge in [0.25, 0.3) is 0 Å². The van der Waals surface area contributed by atoms with Crippen LogP contribution in [0.1, 0.15) is 6.92 Å². The topological polar surface area (TPSA) is 93.7 Å². The van der Waals surface area contributed by atoms with E-state index >= 15 is 0 Å². The van der Waals surface area contributed by atoms with Crippen LogP contribution in [0, 0.1) is 0 Å². The Labute approximate surface area is 136 Å². The summed E-state index contributed by atoms with van der Waals surface area (Å²) in [6.45, 7) is 3.15. The third-order valence-corrected chi connectivity index (χ3v) is 4.33. The SMILES string of the molecule is C[C@H]1OCCN[C@@H]1C(=O)Nc1cccc(OCCS(C)(=O)=O)c1. The first kappa shape index (κ1) is 17.7. The Balaban J connectivity index is 1.92. The van der Waals surface area contributed by atoms with Gasteiger partial charge in [0.1, 0.15) is 18.4 Å². The first-order valence-electron chi connectivity index (χ1n) is 7.41. The minimum atomic E-state index is -3.06. The molecule has 1 saturated heterocycles. The highest BCUT2D eigenvalue weighted by Crippen LogP contribution is 2.18. The third-order valence-electron chi connectivity index (χ3n) is 3.42. The number of sulfone groups is 1. The van der Waals surface area contributed by atoms with Gasteiger partial charge in [-0.2, -0.15) is 0 Å². The van der Waals surface area contributed by atoms with Gasteiger partial charge in [0.2, 0.25) is 5.91 Å². The number of rotatable bonds is 6. The summed E-state index contributed by atoms with van der Waals surface area (Å²) >= 11 is 0. The van der Waals surface area contributed by atoms with Crippen LogP contribution in [0.15, 0.2) is 24.3 Å². The average molecular weight is 342 g/mol. The van der Waals surface area contributed by atoms with Crippen molar-refractivity contribution in [3.63, 3.8) is 0 Å². The fraction of sp³-hybridized carbons (Fsp3) is 0.533. The van der Waals surface area contributed by atoms with Gasteiger partial charge < -0.3 is 20.1 Å². The number of nitrogens with one attached hydrogen (secondary N) is 2. The molecule has 7 nitrogen and oxygen atoms in total. The van der Waals surface area contributed by atoms with Crippen molar-refractivity contribution in [1.82, 2.24) is 5.32 Å². The molecular weight excluding hydrogens is 320 g/mol. The lowest BCUT2D eigenvalue weighted by Crippen LogP contribution is -2.53. The van der Waals surface area contributed by atoms with Crippen LogP contribution in [0.25, 0.3) is 0 Å². The maximum absolute atomic E-state index is 12.3. The van der Waals surface area contributed by atoms with E-state index in [1.54, 1.807) is 24.3 Å². The van der Waals surface area contributed by atoms with Gasteiger partial charge in [0, 0.05) is 24.6 Å². The fourth-order valence-corrected chi connectivity index (χ4v) is 2.61. The highest BCUT2D eigenvalue weighted by molar-refractivity contribution is 7.90. The van der Waals surface area contributed by atoms with Crippen molar-refractivity contribution in [2.75, 3.05) is 37.1 Å². The lowest BCUT2D eigenvalue weighted by atomic mass is 10.1. The monoisotopic (exact) mass is 342 g/mol. The number of hydrogen-bond donors (Lipinski definition) is 2. The van der Waals surface area contributed by atoms with E-state index in [1.807, 2.05) is 6.92 Å². The molecule has 0 unspecified atom stereocenters. The number of ether oxygens (including phenoxy) is 2. The molecule has 0 spiro atoms. The summed E-state index contributed by atoms with van der Waals surface area (Å²) in [5.41, 5.74) is 0.589. The van der Waals surface area contributed by atoms with Gasteiger partial charge in [-0.25, -0.2) is 8.42 Å². The molecule has 2 rings (SSSR count). The van der Waals surface area contributed by atoms with E-state index in [4.69, 9.17) is 9.47 Å². The van der Waals surface area contributed by atoms with Gasteiger partial charge in [-0.3, -0.25) is 4.79 Å². The van der Waals surface area contributed by atoms with E-state index in [0.717, 1.165) is 6.26 Å². The second-order valence-corrected chi connectivity index (χ2v) is 7.76. The molecule has 0 bridgehead atoms. The number of carbonyl (C=O) groups excluding carboxylic acids is 1. The van der Waals surface area contributed by atoms with Crippen molar-refractivity contribution in [3.8, 4) is 5.75 Å². The summed E-state index contributed by atoms with van der Waals surface area (Å²) in [5.74, 6) is 0.280. The lowest BCUT2D eigenvalue weighted by Gasteiger charge is -2.29. The van der Waals surface area contributed by atoms with Crippen molar-refractivity contribution < 1.29 is 22.7 Å². The third kappa shape index (κ3) is 5.81. The summed E-state index contributed by atoms with van der Waals surface area (Å²) in [6, 6.07) is 6.45. The number of hydrogen-bond acceptors (Lipinski definition) is 6. The van der Waals surface area contributed by atoms with E-state index in [9.17, 15) is 13.2 Å². The molecule has 23 heavy (non-hydrogen) atoms. The smallest absolute Gasteiger partial charge is 0.244 e. The van der Waals surface area contributed by atoms with Gasteiger partial charge in [0.05, 0.1) is 18.5 Å². The van der Waals surface area contributed by atoms with Crippen LogP contribution in [-0.2, 0) is 19.4 Å². The first-order valence-corrected chi connectivity index (χ1v) is 9.48. The molecule has 128 valence electrons.